The molecule has 0 atom stereocenters. The van der Waals surface area contributed by atoms with Crippen LogP contribution in [0.4, 0.5) is 0 Å². The number of phenolic OH excluding ortho intramolecular Hbond substituents is 1. The largest absolute Gasteiger partial charge is 0.508 e. The number of rotatable bonds is 2. The Morgan fingerprint density at radius 1 is 1.15 bits per heavy atom. The molecule has 0 fully saturated rings. The maximum atomic E-state index is 8.92. The van der Waals surface area contributed by atoms with Crippen molar-refractivity contribution in [2.24, 2.45) is 0 Å². The van der Waals surface area contributed by atoms with Crippen molar-refractivity contribution in [2.45, 2.75) is 13.8 Å². The molecule has 0 unspecified atom stereocenters. The second-order valence-electron chi connectivity index (χ2n) is 4.26. The Morgan fingerprint density at radius 3 is 2.30 bits per heavy atom. The molecule has 20 heavy (non-hydrogen) atoms. The minimum absolute atomic E-state index is 0.141. The van der Waals surface area contributed by atoms with Crippen LogP contribution in [0.25, 0.3) is 0 Å². The van der Waals surface area contributed by atoms with E-state index in [4.69, 9.17) is 10.4 Å². The van der Waals surface area contributed by atoms with Gasteiger partial charge in [0.05, 0.1) is 11.6 Å². The number of alkyl halides is 2. The quantitative estimate of drug-likeness (QED) is 0.611. The fourth-order valence-electron chi connectivity index (χ4n) is 1.51. The van der Waals surface area contributed by atoms with Crippen LogP contribution in [0.15, 0.2) is 48.5 Å². The summed E-state index contributed by atoms with van der Waals surface area (Å²) in [6.07, 6.45) is 0. The minimum Gasteiger partial charge on any atom is -0.508 e. The van der Waals surface area contributed by atoms with Crippen LogP contribution < -0.4 is 0 Å². The Morgan fingerprint density at radius 2 is 1.80 bits per heavy atom. The molecular formula is C17H20INO. The van der Waals surface area contributed by atoms with Crippen LogP contribution in [0.1, 0.15) is 18.1 Å². The maximum Gasteiger partial charge on any atom is 0.116 e. The molecule has 1 N–H and O–H groups in total. The van der Waals surface area contributed by atoms with E-state index in [-0.39, 0.29) is 5.75 Å². The van der Waals surface area contributed by atoms with Crippen molar-refractivity contribution in [1.82, 2.24) is 0 Å². The number of halogens is 1. The maximum absolute atomic E-state index is 8.92. The summed E-state index contributed by atoms with van der Waals surface area (Å²) in [6, 6.07) is 17.6. The number of hydrogen-bond donors (Lipinski definition) is 1. The molecule has 0 aliphatic rings. The van der Waals surface area contributed by atoms with Gasteiger partial charge in [0, 0.05) is 0 Å². The van der Waals surface area contributed by atoms with Crippen LogP contribution >= 0.6 is 19.8 Å². The fraction of sp³-hybridized carbons (Fsp3) is 0.235. The third kappa shape index (κ3) is 5.22. The first-order valence-corrected chi connectivity index (χ1v) is 11.1. The molecule has 0 aliphatic heterocycles. The van der Waals surface area contributed by atoms with E-state index >= 15 is 0 Å². The summed E-state index contributed by atoms with van der Waals surface area (Å²) in [5.41, 5.74) is 1.42. The van der Waals surface area contributed by atoms with E-state index in [0.29, 0.717) is 5.56 Å². The summed E-state index contributed by atoms with van der Waals surface area (Å²) in [5.74, 6) is 0.141. The van der Waals surface area contributed by atoms with Crippen LogP contribution in [0.3, 0.4) is 0 Å². The molecule has 2 nitrogen and oxygen atoms in total. The van der Waals surface area contributed by atoms with Crippen LogP contribution in [0.5, 0.6) is 5.75 Å². The smallest absolute Gasteiger partial charge is 0.116 e. The average molecular weight is 381 g/mol. The second kappa shape index (κ2) is 8.60. The van der Waals surface area contributed by atoms with Crippen molar-refractivity contribution in [3.63, 3.8) is 0 Å². The molecule has 0 heterocycles. The molecule has 0 aromatic heterocycles. The molecule has 2 rings (SSSR count). The summed E-state index contributed by atoms with van der Waals surface area (Å²) in [6.45, 7) is 4.12. The van der Waals surface area contributed by atoms with E-state index in [2.05, 4.69) is 42.2 Å². The van der Waals surface area contributed by atoms with Crippen molar-refractivity contribution in [1.29, 1.82) is 5.26 Å². The van der Waals surface area contributed by atoms with Gasteiger partial charge in [-0.05, 0) is 24.6 Å². The van der Waals surface area contributed by atoms with Crippen LogP contribution in [-0.2, 0) is 0 Å². The summed E-state index contributed by atoms with van der Waals surface area (Å²) in [7, 11) is 0. The summed E-state index contributed by atoms with van der Waals surface area (Å²) >= 11 is -0.700. The van der Waals surface area contributed by atoms with Crippen molar-refractivity contribution in [3.8, 4) is 11.8 Å². The normalized spacial score (nSPS) is 10.0. The summed E-state index contributed by atoms with van der Waals surface area (Å²) in [5, 5.41) is 17.4. The van der Waals surface area contributed by atoms with E-state index in [9.17, 15) is 0 Å². The van der Waals surface area contributed by atoms with Gasteiger partial charge in [0.15, 0.2) is 0 Å². The Balaban J connectivity index is 0.000000200. The van der Waals surface area contributed by atoms with Crippen LogP contribution in [0, 0.1) is 21.8 Å². The van der Waals surface area contributed by atoms with Gasteiger partial charge in [-0.3, -0.25) is 0 Å². The molecular weight excluding hydrogens is 361 g/mol. The Bertz CT molecular complexity index is 575. The predicted octanol–water partition coefficient (Wildman–Crippen LogP) is 4.58. The molecule has 106 valence electrons. The number of nitrogens with zero attached hydrogens (tertiary/aromatic N) is 1. The van der Waals surface area contributed by atoms with E-state index in [1.54, 1.807) is 15.7 Å². The molecule has 2 aromatic rings. The van der Waals surface area contributed by atoms with Gasteiger partial charge in [-0.2, -0.15) is 5.26 Å². The molecule has 0 radical (unpaired) electrons. The molecule has 0 amide bonds. The van der Waals surface area contributed by atoms with Gasteiger partial charge in [0.25, 0.3) is 0 Å². The van der Waals surface area contributed by atoms with Gasteiger partial charge in [-0.15, -0.1) is 0 Å². The summed E-state index contributed by atoms with van der Waals surface area (Å²) < 4.78 is 2.99. The number of hydrogen-bond acceptors (Lipinski definition) is 2. The van der Waals surface area contributed by atoms with Crippen molar-refractivity contribution in [3.05, 3.63) is 63.2 Å². The van der Waals surface area contributed by atoms with Crippen molar-refractivity contribution >= 4 is 19.8 Å². The number of aromatic hydroxyl groups is 1. The molecule has 0 spiro atoms. The predicted molar refractivity (Wildman–Crippen MR) is 93.2 cm³/mol. The SMILES string of the molecule is CCI(C)c1ccccc1.Cc1ccc(O)cc1C#N. The Hall–Kier alpha value is -1.54. The zero-order chi connectivity index (χ0) is 15.0. The van der Waals surface area contributed by atoms with Crippen molar-refractivity contribution in [2.75, 3.05) is 9.36 Å². The monoisotopic (exact) mass is 381 g/mol. The number of nitriles is 1. The minimum atomic E-state index is -0.700. The third-order valence-electron chi connectivity index (χ3n) is 2.85. The summed E-state index contributed by atoms with van der Waals surface area (Å²) in [4.78, 5) is 2.42. The average Bonchev–Trinajstić information content (AvgIpc) is 2.50. The molecule has 0 saturated heterocycles. The third-order valence-corrected chi connectivity index (χ3v) is 7.98. The molecule has 0 aliphatic carbocycles. The van der Waals surface area contributed by atoms with Crippen LogP contribution in [0.2, 0.25) is 0 Å². The van der Waals surface area contributed by atoms with Gasteiger partial charge in [0.1, 0.15) is 5.75 Å². The zero-order valence-corrected chi connectivity index (χ0v) is 14.3. The number of aryl methyl sites for hydroxylation is 1. The van der Waals surface area contributed by atoms with Gasteiger partial charge in [-0.1, -0.05) is 6.07 Å². The zero-order valence-electron chi connectivity index (χ0n) is 12.1. The fourth-order valence-corrected chi connectivity index (χ4v) is 4.04. The molecule has 2 aromatic carbocycles. The van der Waals surface area contributed by atoms with Gasteiger partial charge < -0.3 is 5.11 Å². The van der Waals surface area contributed by atoms with Gasteiger partial charge >= 0.3 is 70.0 Å². The first kappa shape index (κ1) is 16.5. The second-order valence-corrected chi connectivity index (χ2v) is 10.4. The standard InChI is InChI=1S/C9H13I.C8H7NO/c1-3-10(2)9-7-5-4-6-8-9;1-6-2-3-8(10)4-7(6)5-9/h4-8H,3H2,1-2H3;2-4,10H,1H3. The Labute approximate surface area is 128 Å². The van der Waals surface area contributed by atoms with Crippen LogP contribution in [-0.4, -0.2) is 14.5 Å². The topological polar surface area (TPSA) is 44.0 Å². The number of benzene rings is 2. The number of phenols is 1. The first-order valence-electron chi connectivity index (χ1n) is 6.39. The van der Waals surface area contributed by atoms with Crippen molar-refractivity contribution < 1.29 is 5.11 Å². The molecule has 0 saturated carbocycles. The molecule has 3 heteroatoms. The first-order chi connectivity index (χ1) is 9.58. The molecule has 0 bridgehead atoms. The van der Waals surface area contributed by atoms with E-state index in [1.807, 2.05) is 13.0 Å². The van der Waals surface area contributed by atoms with E-state index < -0.39 is 19.8 Å². The van der Waals surface area contributed by atoms with Gasteiger partial charge in [0.2, 0.25) is 0 Å². The van der Waals surface area contributed by atoms with E-state index in [0.717, 1.165) is 5.56 Å². The van der Waals surface area contributed by atoms with E-state index in [1.165, 1.54) is 10.5 Å². The Kier molecular flexibility index (Phi) is 7.10. The van der Waals surface area contributed by atoms with Gasteiger partial charge in [-0.25, -0.2) is 0 Å².